The van der Waals surface area contributed by atoms with Crippen molar-refractivity contribution in [2.24, 2.45) is 0 Å². The molecule has 0 bridgehead atoms. The van der Waals surface area contributed by atoms with E-state index < -0.39 is 0 Å². The van der Waals surface area contributed by atoms with Crippen molar-refractivity contribution in [3.8, 4) is 0 Å². The summed E-state index contributed by atoms with van der Waals surface area (Å²) in [6, 6.07) is 5.66. The fraction of sp³-hybridized carbons (Fsp3) is 0.526. The number of nitrogens with one attached hydrogen (secondary N) is 1. The third-order valence-electron chi connectivity index (χ3n) is 4.57. The lowest BCUT2D eigenvalue weighted by Crippen LogP contribution is -2.20. The number of aromatic nitrogens is 2. The second kappa shape index (κ2) is 6.85. The number of rotatable bonds is 8. The summed E-state index contributed by atoms with van der Waals surface area (Å²) in [5.41, 5.74) is 4.79. The molecule has 1 heterocycles. The largest absolute Gasteiger partial charge is 0.385 e. The van der Waals surface area contributed by atoms with Crippen LogP contribution in [0.4, 0.5) is 0 Å². The monoisotopic (exact) mass is 313 g/mol. The standard InChI is InChI=1S/C19H27N3O/c1-5-17-19-13(2)11-15(14(3)20-16-7-8-16)12-18(19)22(21-17)9-6-10-23-4/h5,11-12,14,16,20H,1,6-10H2,2-4H3. The molecule has 2 aromatic rings. The Morgan fingerprint density at radius 3 is 2.91 bits per heavy atom. The molecule has 1 aromatic heterocycles. The van der Waals surface area contributed by atoms with Gasteiger partial charge < -0.3 is 10.1 Å². The van der Waals surface area contributed by atoms with Crippen LogP contribution in [0, 0.1) is 6.92 Å². The van der Waals surface area contributed by atoms with Gasteiger partial charge in [0.15, 0.2) is 0 Å². The van der Waals surface area contributed by atoms with Gasteiger partial charge in [-0.15, -0.1) is 0 Å². The molecule has 1 aliphatic carbocycles. The van der Waals surface area contributed by atoms with Crippen LogP contribution in [-0.2, 0) is 11.3 Å². The Hall–Kier alpha value is -1.65. The highest BCUT2D eigenvalue weighted by Crippen LogP contribution is 2.30. The lowest BCUT2D eigenvalue weighted by Gasteiger charge is -2.15. The second-order valence-corrected chi connectivity index (χ2v) is 6.55. The van der Waals surface area contributed by atoms with Crippen molar-refractivity contribution in [3.05, 3.63) is 35.5 Å². The van der Waals surface area contributed by atoms with Gasteiger partial charge in [0.25, 0.3) is 0 Å². The topological polar surface area (TPSA) is 39.1 Å². The Morgan fingerprint density at radius 1 is 1.48 bits per heavy atom. The third-order valence-corrected chi connectivity index (χ3v) is 4.57. The van der Waals surface area contributed by atoms with Gasteiger partial charge in [0.05, 0.1) is 11.2 Å². The van der Waals surface area contributed by atoms with E-state index in [4.69, 9.17) is 9.84 Å². The smallest absolute Gasteiger partial charge is 0.0926 e. The first kappa shape index (κ1) is 16.2. The summed E-state index contributed by atoms with van der Waals surface area (Å²) in [4.78, 5) is 0. The van der Waals surface area contributed by atoms with Gasteiger partial charge in [0, 0.05) is 37.7 Å². The molecule has 1 aromatic carbocycles. The van der Waals surface area contributed by atoms with Crippen LogP contribution in [0.3, 0.4) is 0 Å². The molecule has 1 atom stereocenters. The summed E-state index contributed by atoms with van der Waals surface area (Å²) in [6.07, 6.45) is 5.43. The Labute approximate surface area is 138 Å². The van der Waals surface area contributed by atoms with Gasteiger partial charge in [0.1, 0.15) is 0 Å². The van der Waals surface area contributed by atoms with Crippen LogP contribution in [0.15, 0.2) is 18.7 Å². The highest BCUT2D eigenvalue weighted by atomic mass is 16.5. The zero-order valence-corrected chi connectivity index (χ0v) is 14.4. The number of ether oxygens (including phenoxy) is 1. The van der Waals surface area contributed by atoms with E-state index in [0.29, 0.717) is 12.1 Å². The van der Waals surface area contributed by atoms with Crippen molar-refractivity contribution >= 4 is 17.0 Å². The number of fused-ring (bicyclic) bond motifs is 1. The van der Waals surface area contributed by atoms with Gasteiger partial charge in [-0.05, 0) is 56.4 Å². The molecule has 1 N–H and O–H groups in total. The van der Waals surface area contributed by atoms with Gasteiger partial charge in [-0.3, -0.25) is 4.68 Å². The zero-order chi connectivity index (χ0) is 16.4. The van der Waals surface area contributed by atoms with Crippen molar-refractivity contribution in [2.75, 3.05) is 13.7 Å². The normalized spacial score (nSPS) is 16.0. The van der Waals surface area contributed by atoms with Crippen molar-refractivity contribution in [2.45, 2.75) is 51.7 Å². The molecule has 1 saturated carbocycles. The number of aryl methyl sites for hydroxylation is 2. The van der Waals surface area contributed by atoms with Crippen LogP contribution in [0.5, 0.6) is 0 Å². The maximum absolute atomic E-state index is 5.17. The molecule has 23 heavy (non-hydrogen) atoms. The van der Waals surface area contributed by atoms with Gasteiger partial charge in [-0.25, -0.2) is 0 Å². The summed E-state index contributed by atoms with van der Waals surface area (Å²) in [5, 5.41) is 9.64. The number of benzene rings is 1. The minimum Gasteiger partial charge on any atom is -0.385 e. The van der Waals surface area contributed by atoms with Crippen LogP contribution in [0.25, 0.3) is 17.0 Å². The quantitative estimate of drug-likeness (QED) is 0.753. The van der Waals surface area contributed by atoms with Gasteiger partial charge in [-0.1, -0.05) is 12.6 Å². The lowest BCUT2D eigenvalue weighted by molar-refractivity contribution is 0.189. The first-order chi connectivity index (χ1) is 11.1. The highest BCUT2D eigenvalue weighted by molar-refractivity contribution is 5.90. The highest BCUT2D eigenvalue weighted by Gasteiger charge is 2.24. The van der Waals surface area contributed by atoms with Crippen LogP contribution in [-0.4, -0.2) is 29.5 Å². The van der Waals surface area contributed by atoms with Crippen molar-refractivity contribution in [3.63, 3.8) is 0 Å². The molecule has 4 heteroatoms. The second-order valence-electron chi connectivity index (χ2n) is 6.55. The molecule has 0 spiro atoms. The fourth-order valence-electron chi connectivity index (χ4n) is 3.19. The minimum absolute atomic E-state index is 0.375. The summed E-state index contributed by atoms with van der Waals surface area (Å²) in [5.74, 6) is 0. The minimum atomic E-state index is 0.375. The van der Waals surface area contributed by atoms with Gasteiger partial charge >= 0.3 is 0 Å². The molecular weight excluding hydrogens is 286 g/mol. The van der Waals surface area contributed by atoms with E-state index in [-0.39, 0.29) is 0 Å². The van der Waals surface area contributed by atoms with E-state index in [1.807, 2.05) is 6.08 Å². The molecule has 0 radical (unpaired) electrons. The van der Waals surface area contributed by atoms with Crippen LogP contribution in [0.1, 0.15) is 49.0 Å². The molecule has 0 aliphatic heterocycles. The average Bonchev–Trinajstić information content (AvgIpc) is 3.27. The molecule has 1 fully saturated rings. The van der Waals surface area contributed by atoms with Crippen LogP contribution >= 0.6 is 0 Å². The molecule has 0 saturated heterocycles. The van der Waals surface area contributed by atoms with Crippen LogP contribution < -0.4 is 5.32 Å². The van der Waals surface area contributed by atoms with E-state index in [1.165, 1.54) is 34.9 Å². The number of hydrogen-bond donors (Lipinski definition) is 1. The van der Waals surface area contributed by atoms with E-state index >= 15 is 0 Å². The molecule has 3 rings (SSSR count). The number of hydrogen-bond acceptors (Lipinski definition) is 3. The van der Waals surface area contributed by atoms with Gasteiger partial charge in [0.2, 0.25) is 0 Å². The Balaban J connectivity index is 1.97. The maximum Gasteiger partial charge on any atom is 0.0926 e. The molecule has 1 aliphatic rings. The van der Waals surface area contributed by atoms with Crippen molar-refractivity contribution in [1.82, 2.24) is 15.1 Å². The van der Waals surface area contributed by atoms with Crippen LogP contribution in [0.2, 0.25) is 0 Å². The average molecular weight is 313 g/mol. The SMILES string of the molecule is C=Cc1nn(CCCOC)c2cc(C(C)NC3CC3)cc(C)c12. The molecule has 124 valence electrons. The third kappa shape index (κ3) is 3.48. The molecule has 4 nitrogen and oxygen atoms in total. The number of methoxy groups -OCH3 is 1. The van der Waals surface area contributed by atoms with Crippen molar-refractivity contribution < 1.29 is 4.74 Å². The lowest BCUT2D eigenvalue weighted by atomic mass is 10.0. The number of nitrogens with zero attached hydrogens (tertiary/aromatic N) is 2. The summed E-state index contributed by atoms with van der Waals surface area (Å²) in [7, 11) is 1.74. The summed E-state index contributed by atoms with van der Waals surface area (Å²) >= 11 is 0. The first-order valence-corrected chi connectivity index (χ1v) is 8.52. The molecular formula is C19H27N3O. The summed E-state index contributed by atoms with van der Waals surface area (Å²) < 4.78 is 7.28. The maximum atomic E-state index is 5.17. The summed E-state index contributed by atoms with van der Waals surface area (Å²) in [6.45, 7) is 9.96. The molecule has 0 amide bonds. The van der Waals surface area contributed by atoms with E-state index in [2.05, 4.69) is 42.6 Å². The predicted octanol–water partition coefficient (Wildman–Crippen LogP) is 3.84. The van der Waals surface area contributed by atoms with Crippen molar-refractivity contribution in [1.29, 1.82) is 0 Å². The van der Waals surface area contributed by atoms with E-state index in [1.54, 1.807) is 7.11 Å². The van der Waals surface area contributed by atoms with E-state index in [9.17, 15) is 0 Å². The molecule has 1 unspecified atom stereocenters. The van der Waals surface area contributed by atoms with E-state index in [0.717, 1.165) is 25.3 Å². The zero-order valence-electron chi connectivity index (χ0n) is 14.4. The fourth-order valence-corrected chi connectivity index (χ4v) is 3.19. The Morgan fingerprint density at radius 2 is 2.26 bits per heavy atom. The first-order valence-electron chi connectivity index (χ1n) is 8.52. The van der Waals surface area contributed by atoms with Gasteiger partial charge in [-0.2, -0.15) is 5.10 Å². The predicted molar refractivity (Wildman–Crippen MR) is 95.6 cm³/mol. The Bertz CT molecular complexity index is 700. The Kier molecular flexibility index (Phi) is 4.83.